The summed E-state index contributed by atoms with van der Waals surface area (Å²) in [6, 6.07) is 9.65. The predicted octanol–water partition coefficient (Wildman–Crippen LogP) is 0.411. The molecule has 0 aliphatic carbocycles. The van der Waals surface area contributed by atoms with Crippen LogP contribution in [-0.2, 0) is 20.1 Å². The number of carbonyl (C=O) groups is 1. The standard InChI is InChI=1S/C22H28N6O3/c1-3-8-28-20(24)19(21(30)25(2)22(28)31)18(29)15-27-11-9-26(10-12-27)14-17-6-4-16(13-23)5-7-17/h4-7H,3,8-12,14-15,24H2,1-2H3. The summed E-state index contributed by atoms with van der Waals surface area (Å²) in [4.78, 5) is 42.1. The topological polar surface area (TPSA) is 117 Å². The third-order valence-corrected chi connectivity index (χ3v) is 5.63. The molecule has 2 heterocycles. The molecule has 0 amide bonds. The Hall–Kier alpha value is -3.22. The van der Waals surface area contributed by atoms with Crippen LogP contribution in [-0.4, -0.2) is 57.4 Å². The van der Waals surface area contributed by atoms with E-state index >= 15 is 0 Å². The summed E-state index contributed by atoms with van der Waals surface area (Å²) in [5.74, 6) is -0.400. The zero-order chi connectivity index (χ0) is 22.5. The number of hydrogen-bond acceptors (Lipinski definition) is 7. The van der Waals surface area contributed by atoms with Crippen molar-refractivity contribution in [3.63, 3.8) is 0 Å². The van der Waals surface area contributed by atoms with Gasteiger partial charge in [-0.05, 0) is 24.1 Å². The van der Waals surface area contributed by atoms with Crippen LogP contribution in [0.25, 0.3) is 0 Å². The fourth-order valence-electron chi connectivity index (χ4n) is 3.82. The number of ketones is 1. The fraction of sp³-hybridized carbons (Fsp3) is 0.455. The normalized spacial score (nSPS) is 15.0. The molecule has 1 fully saturated rings. The number of aromatic nitrogens is 2. The summed E-state index contributed by atoms with van der Waals surface area (Å²) >= 11 is 0. The van der Waals surface area contributed by atoms with E-state index in [0.717, 1.165) is 29.8 Å². The second-order valence-corrected chi connectivity index (χ2v) is 7.84. The van der Waals surface area contributed by atoms with Crippen LogP contribution in [0.5, 0.6) is 0 Å². The van der Waals surface area contributed by atoms with E-state index in [2.05, 4.69) is 11.0 Å². The van der Waals surface area contributed by atoms with E-state index in [1.54, 1.807) is 0 Å². The maximum Gasteiger partial charge on any atom is 0.332 e. The van der Waals surface area contributed by atoms with E-state index in [1.807, 2.05) is 36.1 Å². The maximum atomic E-state index is 12.9. The van der Waals surface area contributed by atoms with Gasteiger partial charge in [0.1, 0.15) is 11.4 Å². The summed E-state index contributed by atoms with van der Waals surface area (Å²) in [5, 5.41) is 8.90. The summed E-state index contributed by atoms with van der Waals surface area (Å²) in [6.45, 7) is 6.08. The lowest BCUT2D eigenvalue weighted by Gasteiger charge is -2.34. The number of carbonyl (C=O) groups excluding carboxylic acids is 1. The highest BCUT2D eigenvalue weighted by Crippen LogP contribution is 2.12. The van der Waals surface area contributed by atoms with Crippen molar-refractivity contribution < 1.29 is 4.79 Å². The van der Waals surface area contributed by atoms with Crippen molar-refractivity contribution in [2.45, 2.75) is 26.4 Å². The highest BCUT2D eigenvalue weighted by Gasteiger charge is 2.25. The van der Waals surface area contributed by atoms with Gasteiger partial charge in [0.2, 0.25) is 0 Å². The molecular weight excluding hydrogens is 396 g/mol. The molecule has 1 aliphatic rings. The van der Waals surface area contributed by atoms with Crippen molar-refractivity contribution in [1.82, 2.24) is 18.9 Å². The molecule has 3 rings (SSSR count). The third kappa shape index (κ3) is 4.93. The van der Waals surface area contributed by atoms with Gasteiger partial charge in [0.05, 0.1) is 18.2 Å². The number of benzene rings is 1. The SMILES string of the molecule is CCCn1c(N)c(C(=O)CN2CCN(Cc3ccc(C#N)cc3)CC2)c(=O)n(C)c1=O. The largest absolute Gasteiger partial charge is 0.384 e. The molecule has 0 bridgehead atoms. The second kappa shape index (κ2) is 9.73. The molecule has 1 aliphatic heterocycles. The summed E-state index contributed by atoms with van der Waals surface area (Å²) in [6.07, 6.45) is 0.664. The zero-order valence-corrected chi connectivity index (χ0v) is 18.0. The minimum Gasteiger partial charge on any atom is -0.384 e. The van der Waals surface area contributed by atoms with E-state index in [1.165, 1.54) is 11.6 Å². The van der Waals surface area contributed by atoms with Gasteiger partial charge in [-0.3, -0.25) is 28.5 Å². The minimum atomic E-state index is -0.640. The lowest BCUT2D eigenvalue weighted by molar-refractivity contribution is 0.0842. The molecule has 9 nitrogen and oxygen atoms in total. The van der Waals surface area contributed by atoms with Crippen LogP contribution < -0.4 is 17.0 Å². The first-order valence-corrected chi connectivity index (χ1v) is 10.4. The molecule has 1 aromatic heterocycles. The molecule has 164 valence electrons. The average molecular weight is 425 g/mol. The van der Waals surface area contributed by atoms with Crippen LogP contribution in [0.1, 0.15) is 34.8 Å². The summed E-state index contributed by atoms with van der Waals surface area (Å²) < 4.78 is 2.25. The van der Waals surface area contributed by atoms with Crippen molar-refractivity contribution in [2.24, 2.45) is 7.05 Å². The number of rotatable bonds is 7. The van der Waals surface area contributed by atoms with Crippen LogP contribution >= 0.6 is 0 Å². The second-order valence-electron chi connectivity index (χ2n) is 7.84. The molecule has 31 heavy (non-hydrogen) atoms. The number of Topliss-reactive ketones (excluding diaryl/α,β-unsaturated/α-hetero) is 1. The van der Waals surface area contributed by atoms with E-state index in [9.17, 15) is 14.4 Å². The summed E-state index contributed by atoms with van der Waals surface area (Å²) in [5.41, 5.74) is 6.59. The highest BCUT2D eigenvalue weighted by atomic mass is 16.2. The van der Waals surface area contributed by atoms with Crippen LogP contribution in [0.2, 0.25) is 0 Å². The van der Waals surface area contributed by atoms with Gasteiger partial charge in [0, 0.05) is 46.3 Å². The molecule has 9 heteroatoms. The smallest absolute Gasteiger partial charge is 0.332 e. The summed E-state index contributed by atoms with van der Waals surface area (Å²) in [7, 11) is 1.37. The lowest BCUT2D eigenvalue weighted by atomic mass is 10.1. The van der Waals surface area contributed by atoms with E-state index in [-0.39, 0.29) is 23.7 Å². The van der Waals surface area contributed by atoms with Crippen LogP contribution in [0.15, 0.2) is 33.9 Å². The monoisotopic (exact) mass is 424 g/mol. The Morgan fingerprint density at radius 2 is 1.71 bits per heavy atom. The van der Waals surface area contributed by atoms with Gasteiger partial charge in [0.15, 0.2) is 5.78 Å². The van der Waals surface area contributed by atoms with Crippen molar-refractivity contribution in [3.8, 4) is 6.07 Å². The van der Waals surface area contributed by atoms with Gasteiger partial charge in [-0.25, -0.2) is 4.79 Å². The van der Waals surface area contributed by atoms with Gasteiger partial charge in [-0.2, -0.15) is 5.26 Å². The Kier molecular flexibility index (Phi) is 7.05. The fourth-order valence-corrected chi connectivity index (χ4v) is 3.82. The molecule has 1 aromatic carbocycles. The van der Waals surface area contributed by atoms with Crippen molar-refractivity contribution in [2.75, 3.05) is 38.5 Å². The molecule has 0 atom stereocenters. The first-order valence-electron chi connectivity index (χ1n) is 10.4. The quantitative estimate of drug-likeness (QED) is 0.640. The van der Waals surface area contributed by atoms with Crippen LogP contribution in [0.3, 0.4) is 0 Å². The first kappa shape index (κ1) is 22.5. The Labute approximate surface area is 180 Å². The Balaban J connectivity index is 1.64. The van der Waals surface area contributed by atoms with Gasteiger partial charge < -0.3 is 5.73 Å². The molecule has 0 saturated carbocycles. The van der Waals surface area contributed by atoms with Crippen molar-refractivity contribution in [1.29, 1.82) is 5.26 Å². The molecular formula is C22H28N6O3. The van der Waals surface area contributed by atoms with Gasteiger partial charge in [0.25, 0.3) is 5.56 Å². The first-order chi connectivity index (χ1) is 14.8. The lowest BCUT2D eigenvalue weighted by Crippen LogP contribution is -2.49. The molecule has 1 saturated heterocycles. The van der Waals surface area contributed by atoms with Crippen LogP contribution in [0, 0.1) is 11.3 Å². The van der Waals surface area contributed by atoms with E-state index in [4.69, 9.17) is 11.0 Å². The molecule has 0 spiro atoms. The van der Waals surface area contributed by atoms with E-state index in [0.29, 0.717) is 31.6 Å². The average Bonchev–Trinajstić information content (AvgIpc) is 2.77. The third-order valence-electron chi connectivity index (χ3n) is 5.63. The number of nitrogens with two attached hydrogens (primary N) is 1. The number of piperazine rings is 1. The number of anilines is 1. The minimum absolute atomic E-state index is 0.0422. The Morgan fingerprint density at radius 1 is 1.10 bits per heavy atom. The molecule has 2 N–H and O–H groups in total. The number of hydrogen-bond donors (Lipinski definition) is 1. The maximum absolute atomic E-state index is 12.9. The number of nitriles is 1. The predicted molar refractivity (Wildman–Crippen MR) is 118 cm³/mol. The van der Waals surface area contributed by atoms with E-state index < -0.39 is 11.2 Å². The molecule has 2 aromatic rings. The number of nitrogens with zero attached hydrogens (tertiary/aromatic N) is 5. The Morgan fingerprint density at radius 3 is 2.29 bits per heavy atom. The van der Waals surface area contributed by atoms with Crippen molar-refractivity contribution >= 4 is 11.6 Å². The molecule has 0 radical (unpaired) electrons. The van der Waals surface area contributed by atoms with Gasteiger partial charge >= 0.3 is 5.69 Å². The molecule has 0 unspecified atom stereocenters. The van der Waals surface area contributed by atoms with Gasteiger partial charge in [-0.1, -0.05) is 19.1 Å². The van der Waals surface area contributed by atoms with Crippen LogP contribution in [0.4, 0.5) is 5.82 Å². The van der Waals surface area contributed by atoms with Crippen molar-refractivity contribution in [3.05, 3.63) is 61.8 Å². The number of nitrogen functional groups attached to an aromatic ring is 1. The van der Waals surface area contributed by atoms with Gasteiger partial charge in [-0.15, -0.1) is 0 Å². The highest BCUT2D eigenvalue weighted by molar-refractivity contribution is 6.01. The zero-order valence-electron chi connectivity index (χ0n) is 18.0. The Bertz CT molecular complexity index is 1100.